The van der Waals surface area contributed by atoms with Crippen molar-refractivity contribution in [3.63, 3.8) is 0 Å². The Morgan fingerprint density at radius 3 is 2.23 bits per heavy atom. The molecular formula is C20H23ClF6O3S. The van der Waals surface area contributed by atoms with Gasteiger partial charge < -0.3 is 9.84 Å². The summed E-state index contributed by atoms with van der Waals surface area (Å²) < 4.78 is 83.7. The number of carboxylic acids is 1. The first-order chi connectivity index (χ1) is 14.4. The second kappa shape index (κ2) is 11.1. The molecule has 3 nitrogen and oxygen atoms in total. The summed E-state index contributed by atoms with van der Waals surface area (Å²) in [6, 6.07) is 1.59. The molecule has 1 N–H and O–H groups in total. The van der Waals surface area contributed by atoms with Gasteiger partial charge in [-0.05, 0) is 49.8 Å². The number of rotatable bonds is 10. The van der Waals surface area contributed by atoms with Crippen LogP contribution in [0, 0.1) is 11.8 Å². The Bertz CT molecular complexity index is 708. The van der Waals surface area contributed by atoms with Gasteiger partial charge in [-0.1, -0.05) is 0 Å². The van der Waals surface area contributed by atoms with E-state index in [2.05, 4.69) is 0 Å². The molecule has 0 aliphatic heterocycles. The average Bonchev–Trinajstić information content (AvgIpc) is 3.00. The van der Waals surface area contributed by atoms with Crippen LogP contribution in [-0.4, -0.2) is 35.4 Å². The predicted molar refractivity (Wildman–Crippen MR) is 105 cm³/mol. The molecule has 0 bridgehead atoms. The Hall–Kier alpha value is -1.13. The molecule has 2 rings (SSSR count). The van der Waals surface area contributed by atoms with Crippen molar-refractivity contribution in [2.45, 2.75) is 54.7 Å². The van der Waals surface area contributed by atoms with E-state index in [1.54, 1.807) is 0 Å². The fourth-order valence-electron chi connectivity index (χ4n) is 3.46. The number of ether oxygens (including phenoxy) is 1. The number of carboxylic acid groups (broad SMARTS) is 1. The third-order valence-electron chi connectivity index (χ3n) is 5.15. The number of benzene rings is 1. The Morgan fingerprint density at radius 1 is 1.06 bits per heavy atom. The molecule has 0 amide bonds. The average molecular weight is 493 g/mol. The van der Waals surface area contributed by atoms with Gasteiger partial charge in [0.25, 0.3) is 0 Å². The van der Waals surface area contributed by atoms with Crippen molar-refractivity contribution < 1.29 is 41.0 Å². The second-order valence-corrected chi connectivity index (χ2v) is 9.15. The molecule has 0 aromatic heterocycles. The highest BCUT2D eigenvalue weighted by molar-refractivity contribution is 7.99. The molecule has 31 heavy (non-hydrogen) atoms. The van der Waals surface area contributed by atoms with E-state index in [1.807, 2.05) is 0 Å². The molecule has 1 aromatic carbocycles. The molecular weight excluding hydrogens is 470 g/mol. The van der Waals surface area contributed by atoms with Crippen LogP contribution in [0.25, 0.3) is 0 Å². The van der Waals surface area contributed by atoms with Crippen molar-refractivity contribution in [3.8, 4) is 0 Å². The van der Waals surface area contributed by atoms with Gasteiger partial charge in [-0.25, -0.2) is 0 Å². The van der Waals surface area contributed by atoms with E-state index in [1.165, 1.54) is 0 Å². The van der Waals surface area contributed by atoms with Crippen molar-refractivity contribution in [2.75, 3.05) is 19.0 Å². The summed E-state index contributed by atoms with van der Waals surface area (Å²) in [5.74, 6) is -0.622. The summed E-state index contributed by atoms with van der Waals surface area (Å²) in [7, 11) is 0. The Kier molecular flexibility index (Phi) is 9.39. The Morgan fingerprint density at radius 2 is 1.68 bits per heavy atom. The predicted octanol–water partition coefficient (Wildman–Crippen LogP) is 6.72. The highest BCUT2D eigenvalue weighted by atomic mass is 35.5. The quantitative estimate of drug-likeness (QED) is 0.170. The molecule has 0 heterocycles. The highest BCUT2D eigenvalue weighted by Gasteiger charge is 2.38. The fourth-order valence-corrected chi connectivity index (χ4v) is 5.10. The maximum atomic E-state index is 13.0. The van der Waals surface area contributed by atoms with E-state index in [-0.39, 0.29) is 34.6 Å². The molecule has 3 atom stereocenters. The van der Waals surface area contributed by atoms with Gasteiger partial charge in [0, 0.05) is 35.0 Å². The van der Waals surface area contributed by atoms with Crippen LogP contribution in [0.1, 0.15) is 43.2 Å². The summed E-state index contributed by atoms with van der Waals surface area (Å²) in [6.45, 7) is 0.693. The van der Waals surface area contributed by atoms with Gasteiger partial charge in [0.05, 0.1) is 17.7 Å². The van der Waals surface area contributed by atoms with Gasteiger partial charge in [-0.3, -0.25) is 4.79 Å². The van der Waals surface area contributed by atoms with E-state index in [9.17, 15) is 31.1 Å². The SMILES string of the molecule is O=C(O)CCCCOC[C@H]1C(Cl)CC[C@@H]1CSc1cc(C(F)(F)F)cc(C(F)(F)F)c1. The highest BCUT2D eigenvalue weighted by Crippen LogP contribution is 2.42. The van der Waals surface area contributed by atoms with Crippen LogP contribution in [0.3, 0.4) is 0 Å². The third-order valence-corrected chi connectivity index (χ3v) is 6.85. The number of unbranched alkanes of at least 4 members (excludes halogenated alkanes) is 1. The van der Waals surface area contributed by atoms with E-state index < -0.39 is 29.4 Å². The molecule has 1 aromatic rings. The number of carbonyl (C=O) groups is 1. The fraction of sp³-hybridized carbons (Fsp3) is 0.650. The molecule has 0 spiro atoms. The molecule has 1 fully saturated rings. The summed E-state index contributed by atoms with van der Waals surface area (Å²) >= 11 is 7.30. The summed E-state index contributed by atoms with van der Waals surface area (Å²) in [5, 5.41) is 8.42. The lowest BCUT2D eigenvalue weighted by Gasteiger charge is -2.22. The largest absolute Gasteiger partial charge is 0.481 e. The molecule has 0 saturated heterocycles. The number of thioether (sulfide) groups is 1. The Balaban J connectivity index is 1.96. The van der Waals surface area contributed by atoms with Crippen LogP contribution in [0.4, 0.5) is 26.3 Å². The van der Waals surface area contributed by atoms with Crippen LogP contribution in [0.2, 0.25) is 0 Å². The zero-order valence-corrected chi connectivity index (χ0v) is 18.0. The van der Waals surface area contributed by atoms with Crippen LogP contribution in [0.15, 0.2) is 23.1 Å². The van der Waals surface area contributed by atoms with Gasteiger partial charge >= 0.3 is 18.3 Å². The summed E-state index contributed by atoms with van der Waals surface area (Å²) in [6.07, 6.45) is -7.22. The van der Waals surface area contributed by atoms with Gasteiger partial charge in [0.15, 0.2) is 0 Å². The zero-order valence-electron chi connectivity index (χ0n) is 16.4. The molecule has 176 valence electrons. The van der Waals surface area contributed by atoms with Crippen LogP contribution >= 0.6 is 23.4 Å². The minimum atomic E-state index is -4.87. The normalized spacial score (nSPS) is 22.1. The van der Waals surface area contributed by atoms with Crippen molar-refractivity contribution in [3.05, 3.63) is 29.3 Å². The number of alkyl halides is 7. The maximum absolute atomic E-state index is 13.0. The van der Waals surface area contributed by atoms with Crippen molar-refractivity contribution in [1.29, 1.82) is 0 Å². The monoisotopic (exact) mass is 492 g/mol. The van der Waals surface area contributed by atoms with Gasteiger partial charge in [0.2, 0.25) is 0 Å². The molecule has 1 unspecified atom stereocenters. The van der Waals surface area contributed by atoms with Crippen LogP contribution in [-0.2, 0) is 21.9 Å². The zero-order chi connectivity index (χ0) is 23.2. The Labute approximate surface area is 185 Å². The van der Waals surface area contributed by atoms with Crippen molar-refractivity contribution in [2.24, 2.45) is 11.8 Å². The second-order valence-electron chi connectivity index (χ2n) is 7.50. The lowest BCUT2D eigenvalue weighted by atomic mass is 9.99. The first-order valence-electron chi connectivity index (χ1n) is 9.74. The number of hydrogen-bond acceptors (Lipinski definition) is 3. The van der Waals surface area contributed by atoms with Crippen molar-refractivity contribution >= 4 is 29.3 Å². The van der Waals surface area contributed by atoms with E-state index in [0.717, 1.165) is 23.9 Å². The van der Waals surface area contributed by atoms with E-state index in [0.29, 0.717) is 44.6 Å². The lowest BCUT2D eigenvalue weighted by Crippen LogP contribution is -2.23. The van der Waals surface area contributed by atoms with E-state index in [4.69, 9.17) is 21.4 Å². The van der Waals surface area contributed by atoms with Gasteiger partial charge in [-0.2, -0.15) is 26.3 Å². The standard InChI is InChI=1S/C20H23ClF6O3S/c21-17-5-4-12(16(17)10-30-6-2-1-3-18(28)29)11-31-15-8-13(19(22,23)24)7-14(9-15)20(25,26)27/h7-9,12,16-17H,1-6,10-11H2,(H,28,29)/t12-,16-,17?/m1/s1. The van der Waals surface area contributed by atoms with Gasteiger partial charge in [0.1, 0.15) is 0 Å². The minimum Gasteiger partial charge on any atom is -0.481 e. The molecule has 1 aliphatic rings. The topological polar surface area (TPSA) is 46.5 Å². The summed E-state index contributed by atoms with van der Waals surface area (Å²) in [4.78, 5) is 10.4. The first-order valence-corrected chi connectivity index (χ1v) is 11.2. The number of aliphatic carboxylic acids is 1. The number of halogens is 7. The lowest BCUT2D eigenvalue weighted by molar-refractivity contribution is -0.143. The summed E-state index contributed by atoms with van der Waals surface area (Å²) in [5.41, 5.74) is -2.65. The maximum Gasteiger partial charge on any atom is 0.416 e. The minimum absolute atomic E-state index is 0.00426. The number of hydrogen-bond donors (Lipinski definition) is 1. The van der Waals surface area contributed by atoms with Crippen LogP contribution < -0.4 is 0 Å². The first kappa shape index (κ1) is 26.1. The molecule has 11 heteroatoms. The van der Waals surface area contributed by atoms with Gasteiger partial charge in [-0.15, -0.1) is 23.4 Å². The molecule has 0 radical (unpaired) electrons. The molecule has 1 aliphatic carbocycles. The van der Waals surface area contributed by atoms with Crippen molar-refractivity contribution in [1.82, 2.24) is 0 Å². The van der Waals surface area contributed by atoms with Crippen LogP contribution in [0.5, 0.6) is 0 Å². The third kappa shape index (κ3) is 8.38. The van der Waals surface area contributed by atoms with E-state index >= 15 is 0 Å². The smallest absolute Gasteiger partial charge is 0.416 e. The molecule has 1 saturated carbocycles.